The zero-order valence-electron chi connectivity index (χ0n) is 15.7. The summed E-state index contributed by atoms with van der Waals surface area (Å²) in [4.78, 5) is 40.6. The normalized spacial score (nSPS) is 10.5. The van der Waals surface area contributed by atoms with Crippen molar-refractivity contribution in [1.82, 2.24) is 14.9 Å². The van der Waals surface area contributed by atoms with Crippen LogP contribution in [0.3, 0.4) is 0 Å². The lowest BCUT2D eigenvalue weighted by molar-refractivity contribution is -0.123. The van der Waals surface area contributed by atoms with E-state index in [1.165, 1.54) is 0 Å². The molecular formula is C20H19N3O5. The van der Waals surface area contributed by atoms with E-state index in [2.05, 4.69) is 10.3 Å². The minimum Gasteiger partial charge on any atom is -0.497 e. The molecule has 144 valence electrons. The summed E-state index contributed by atoms with van der Waals surface area (Å²) in [6.07, 6.45) is 1.69. The Labute approximate surface area is 161 Å². The van der Waals surface area contributed by atoms with Crippen LogP contribution in [0.4, 0.5) is 0 Å². The van der Waals surface area contributed by atoms with Crippen molar-refractivity contribution in [3.8, 4) is 5.75 Å². The van der Waals surface area contributed by atoms with Crippen LogP contribution in [0.5, 0.6) is 5.75 Å². The number of carbonyl (C=O) groups excluding carboxylic acids is 3. The SMILES string of the molecule is COc1ccc2cc(C(=O)OCC(=O)NC(=O)c3cccn3C)c(C)nc2c1. The molecule has 3 rings (SSSR count). The predicted octanol–water partition coefficient (Wildman–Crippen LogP) is 2.00. The number of amides is 2. The van der Waals surface area contributed by atoms with Crippen molar-refractivity contribution < 1.29 is 23.9 Å². The molecule has 0 saturated heterocycles. The fourth-order valence-corrected chi connectivity index (χ4v) is 2.71. The molecule has 0 aliphatic heterocycles. The number of nitrogens with zero attached hydrogens (tertiary/aromatic N) is 2. The molecule has 0 radical (unpaired) electrons. The minimum absolute atomic E-state index is 0.249. The summed E-state index contributed by atoms with van der Waals surface area (Å²) in [6.45, 7) is 1.10. The molecule has 0 aliphatic carbocycles. The molecule has 0 fully saturated rings. The largest absolute Gasteiger partial charge is 0.497 e. The lowest BCUT2D eigenvalue weighted by atomic mass is 10.1. The van der Waals surface area contributed by atoms with Gasteiger partial charge < -0.3 is 14.0 Å². The van der Waals surface area contributed by atoms with Crippen LogP contribution < -0.4 is 10.1 Å². The first-order chi connectivity index (χ1) is 13.4. The number of aromatic nitrogens is 2. The smallest absolute Gasteiger partial charge is 0.340 e. The predicted molar refractivity (Wildman–Crippen MR) is 101 cm³/mol. The summed E-state index contributed by atoms with van der Waals surface area (Å²) in [6, 6.07) is 10.2. The van der Waals surface area contributed by atoms with Gasteiger partial charge in [-0.05, 0) is 37.3 Å². The topological polar surface area (TPSA) is 99.5 Å². The van der Waals surface area contributed by atoms with Crippen LogP contribution in [0.2, 0.25) is 0 Å². The van der Waals surface area contributed by atoms with Gasteiger partial charge in [0, 0.05) is 24.7 Å². The number of rotatable bonds is 5. The van der Waals surface area contributed by atoms with Crippen molar-refractivity contribution >= 4 is 28.7 Å². The molecule has 0 spiro atoms. The Morgan fingerprint density at radius 2 is 1.96 bits per heavy atom. The molecular weight excluding hydrogens is 362 g/mol. The van der Waals surface area contributed by atoms with Crippen molar-refractivity contribution in [2.24, 2.45) is 7.05 Å². The average Bonchev–Trinajstić information content (AvgIpc) is 3.11. The number of fused-ring (bicyclic) bond motifs is 1. The number of ether oxygens (including phenoxy) is 2. The van der Waals surface area contributed by atoms with Crippen molar-refractivity contribution in [3.05, 3.63) is 59.5 Å². The third-order valence-corrected chi connectivity index (χ3v) is 4.20. The van der Waals surface area contributed by atoms with E-state index in [4.69, 9.17) is 9.47 Å². The van der Waals surface area contributed by atoms with E-state index in [1.54, 1.807) is 68.2 Å². The summed E-state index contributed by atoms with van der Waals surface area (Å²) in [5.74, 6) is -1.31. The third-order valence-electron chi connectivity index (χ3n) is 4.20. The highest BCUT2D eigenvalue weighted by atomic mass is 16.5. The molecule has 28 heavy (non-hydrogen) atoms. The van der Waals surface area contributed by atoms with Gasteiger partial charge in [-0.25, -0.2) is 4.79 Å². The van der Waals surface area contributed by atoms with Crippen LogP contribution in [0.25, 0.3) is 10.9 Å². The zero-order valence-corrected chi connectivity index (χ0v) is 15.7. The molecule has 1 aromatic carbocycles. The maximum absolute atomic E-state index is 12.3. The Morgan fingerprint density at radius 3 is 2.64 bits per heavy atom. The van der Waals surface area contributed by atoms with Gasteiger partial charge in [0.2, 0.25) is 0 Å². The molecule has 2 amide bonds. The second kappa shape index (κ2) is 7.91. The maximum Gasteiger partial charge on any atom is 0.340 e. The lowest BCUT2D eigenvalue weighted by Gasteiger charge is -2.09. The van der Waals surface area contributed by atoms with Crippen molar-refractivity contribution in [2.75, 3.05) is 13.7 Å². The molecule has 0 aliphatic rings. The van der Waals surface area contributed by atoms with Gasteiger partial charge in [-0.1, -0.05) is 0 Å². The highest BCUT2D eigenvalue weighted by Gasteiger charge is 2.17. The van der Waals surface area contributed by atoms with Crippen molar-refractivity contribution in [2.45, 2.75) is 6.92 Å². The second-order valence-electron chi connectivity index (χ2n) is 6.14. The summed E-state index contributed by atoms with van der Waals surface area (Å²) < 4.78 is 11.8. The fraction of sp³-hybridized carbons (Fsp3) is 0.200. The molecule has 8 heteroatoms. The fourth-order valence-electron chi connectivity index (χ4n) is 2.71. The molecule has 1 N–H and O–H groups in total. The Balaban J connectivity index is 1.66. The zero-order chi connectivity index (χ0) is 20.3. The Morgan fingerprint density at radius 1 is 1.18 bits per heavy atom. The van der Waals surface area contributed by atoms with Crippen LogP contribution in [0.15, 0.2) is 42.6 Å². The number of carbonyl (C=O) groups is 3. The molecule has 3 aromatic rings. The number of hydrogen-bond donors (Lipinski definition) is 1. The van der Waals surface area contributed by atoms with Gasteiger partial charge in [0.05, 0.1) is 23.9 Å². The molecule has 2 aromatic heterocycles. The monoisotopic (exact) mass is 381 g/mol. The van der Waals surface area contributed by atoms with Crippen LogP contribution in [0, 0.1) is 6.92 Å². The average molecular weight is 381 g/mol. The van der Waals surface area contributed by atoms with Gasteiger partial charge in [0.1, 0.15) is 11.4 Å². The van der Waals surface area contributed by atoms with Crippen LogP contribution in [0.1, 0.15) is 26.5 Å². The summed E-state index contributed by atoms with van der Waals surface area (Å²) in [7, 11) is 3.25. The van der Waals surface area contributed by atoms with Gasteiger partial charge in [-0.3, -0.25) is 19.9 Å². The quantitative estimate of drug-likeness (QED) is 0.679. The first-order valence-electron chi connectivity index (χ1n) is 8.47. The van der Waals surface area contributed by atoms with E-state index in [9.17, 15) is 14.4 Å². The van der Waals surface area contributed by atoms with E-state index in [0.717, 1.165) is 5.39 Å². The first-order valence-corrected chi connectivity index (χ1v) is 8.47. The lowest BCUT2D eigenvalue weighted by Crippen LogP contribution is -2.35. The summed E-state index contributed by atoms with van der Waals surface area (Å²) in [5.41, 5.74) is 1.72. The maximum atomic E-state index is 12.3. The second-order valence-corrected chi connectivity index (χ2v) is 6.14. The van der Waals surface area contributed by atoms with Gasteiger partial charge in [0.25, 0.3) is 11.8 Å². The number of nitrogens with one attached hydrogen (secondary N) is 1. The van der Waals surface area contributed by atoms with Crippen LogP contribution in [-0.2, 0) is 16.6 Å². The number of esters is 1. The Bertz CT molecular complexity index is 1070. The highest BCUT2D eigenvalue weighted by Crippen LogP contribution is 2.22. The van der Waals surface area contributed by atoms with E-state index in [-0.39, 0.29) is 5.56 Å². The number of hydrogen-bond acceptors (Lipinski definition) is 6. The summed E-state index contributed by atoms with van der Waals surface area (Å²) in [5, 5.41) is 2.92. The molecule has 0 unspecified atom stereocenters. The van der Waals surface area contributed by atoms with Crippen molar-refractivity contribution in [1.29, 1.82) is 0 Å². The molecule has 8 nitrogen and oxygen atoms in total. The van der Waals surface area contributed by atoms with E-state index in [0.29, 0.717) is 22.7 Å². The highest BCUT2D eigenvalue weighted by molar-refractivity contribution is 6.05. The summed E-state index contributed by atoms with van der Waals surface area (Å²) >= 11 is 0. The van der Waals surface area contributed by atoms with Crippen LogP contribution in [-0.4, -0.2) is 41.1 Å². The van der Waals surface area contributed by atoms with Gasteiger partial charge in [-0.2, -0.15) is 0 Å². The Hall–Kier alpha value is -3.68. The third kappa shape index (κ3) is 4.01. The number of pyridine rings is 1. The number of benzene rings is 1. The number of methoxy groups -OCH3 is 1. The Kier molecular flexibility index (Phi) is 5.39. The molecule has 0 bridgehead atoms. The van der Waals surface area contributed by atoms with Gasteiger partial charge in [-0.15, -0.1) is 0 Å². The molecule has 0 saturated carbocycles. The standard InChI is InChI=1S/C20H19N3O5/c1-12-15(9-13-6-7-14(27-3)10-16(13)21-12)20(26)28-11-18(24)22-19(25)17-5-4-8-23(17)2/h4-10H,11H2,1-3H3,(H,22,24,25). The molecule has 0 atom stereocenters. The van der Waals surface area contributed by atoms with E-state index in [1.807, 2.05) is 0 Å². The molecule has 2 heterocycles. The van der Waals surface area contributed by atoms with E-state index < -0.39 is 24.4 Å². The van der Waals surface area contributed by atoms with Crippen LogP contribution >= 0.6 is 0 Å². The van der Waals surface area contributed by atoms with E-state index >= 15 is 0 Å². The minimum atomic E-state index is -0.712. The van der Waals surface area contributed by atoms with Gasteiger partial charge >= 0.3 is 5.97 Å². The number of imide groups is 1. The van der Waals surface area contributed by atoms with Crippen molar-refractivity contribution in [3.63, 3.8) is 0 Å². The number of aryl methyl sites for hydroxylation is 2. The van der Waals surface area contributed by atoms with Gasteiger partial charge in [0.15, 0.2) is 6.61 Å². The first kappa shape index (κ1) is 19.1.